The number of benzene rings is 1. The highest BCUT2D eigenvalue weighted by molar-refractivity contribution is 9.10. The summed E-state index contributed by atoms with van der Waals surface area (Å²) in [5, 5.41) is 10.8. The van der Waals surface area contributed by atoms with E-state index in [2.05, 4.69) is 15.9 Å². The van der Waals surface area contributed by atoms with E-state index in [9.17, 15) is 22.8 Å². The predicted molar refractivity (Wildman–Crippen MR) is 73.0 cm³/mol. The summed E-state index contributed by atoms with van der Waals surface area (Å²) in [6.45, 7) is -0.942. The van der Waals surface area contributed by atoms with Crippen LogP contribution in [0.25, 0.3) is 0 Å². The number of piperazine rings is 1. The maximum Gasteiger partial charge on any atom is 0.335 e. The van der Waals surface area contributed by atoms with Gasteiger partial charge in [-0.25, -0.2) is 13.2 Å². The average molecular weight is 377 g/mol. The van der Waals surface area contributed by atoms with Crippen molar-refractivity contribution in [1.29, 1.82) is 0 Å². The molecule has 1 aromatic rings. The Morgan fingerprint density at radius 2 is 1.81 bits per heavy atom. The van der Waals surface area contributed by atoms with E-state index in [1.807, 2.05) is 5.32 Å². The molecule has 0 bridgehead atoms. The molecule has 0 spiro atoms. The number of aromatic carboxylic acids is 1. The van der Waals surface area contributed by atoms with Gasteiger partial charge in [0.05, 0.1) is 23.5 Å². The summed E-state index contributed by atoms with van der Waals surface area (Å²) in [6, 6.07) is 3.38. The highest BCUT2D eigenvalue weighted by Crippen LogP contribution is 2.26. The standard InChI is InChI=1S/C11H9BrN2O6S/c12-7-3-6(11(17)18)1-2-8(7)21(19,20)14-4-9(15)13-10(16)5-14/h1-3H,4-5H2,(H,17,18)(H,13,15,16). The van der Waals surface area contributed by atoms with Crippen LogP contribution >= 0.6 is 15.9 Å². The van der Waals surface area contributed by atoms with Crippen molar-refractivity contribution in [1.82, 2.24) is 9.62 Å². The highest BCUT2D eigenvalue weighted by Gasteiger charge is 2.34. The van der Waals surface area contributed by atoms with Crippen LogP contribution in [0.2, 0.25) is 0 Å². The minimum absolute atomic E-state index is 0.0424. The number of amides is 2. The number of carbonyl (C=O) groups is 3. The van der Waals surface area contributed by atoms with Gasteiger partial charge in [-0.05, 0) is 34.1 Å². The Balaban J connectivity index is 2.42. The first-order chi connectivity index (χ1) is 9.71. The van der Waals surface area contributed by atoms with Crippen molar-refractivity contribution in [2.75, 3.05) is 13.1 Å². The normalized spacial score (nSPS) is 16.6. The fourth-order valence-corrected chi connectivity index (χ4v) is 4.15. The summed E-state index contributed by atoms with van der Waals surface area (Å²) in [4.78, 5) is 33.1. The average Bonchev–Trinajstić information content (AvgIpc) is 2.36. The summed E-state index contributed by atoms with van der Waals surface area (Å²) < 4.78 is 25.6. The molecule has 0 saturated carbocycles. The number of halogens is 1. The molecular weight excluding hydrogens is 368 g/mol. The molecule has 1 aliphatic heterocycles. The van der Waals surface area contributed by atoms with Crippen LogP contribution in [0.15, 0.2) is 27.6 Å². The molecule has 2 N–H and O–H groups in total. The van der Waals surface area contributed by atoms with Crippen molar-refractivity contribution in [2.45, 2.75) is 4.90 Å². The molecule has 21 heavy (non-hydrogen) atoms. The Morgan fingerprint density at radius 1 is 1.24 bits per heavy atom. The topological polar surface area (TPSA) is 121 Å². The summed E-state index contributed by atoms with van der Waals surface area (Å²) >= 11 is 2.99. The number of imide groups is 1. The Morgan fingerprint density at radius 3 is 2.29 bits per heavy atom. The van der Waals surface area contributed by atoms with E-state index in [1.54, 1.807) is 0 Å². The number of rotatable bonds is 3. The zero-order valence-corrected chi connectivity index (χ0v) is 12.8. The van der Waals surface area contributed by atoms with Gasteiger partial charge in [0.25, 0.3) is 0 Å². The van der Waals surface area contributed by atoms with E-state index in [0.29, 0.717) is 0 Å². The van der Waals surface area contributed by atoms with Crippen molar-refractivity contribution in [2.24, 2.45) is 0 Å². The van der Waals surface area contributed by atoms with Crippen LogP contribution in [0.5, 0.6) is 0 Å². The number of carbonyl (C=O) groups excluding carboxylic acids is 2. The molecule has 0 unspecified atom stereocenters. The van der Waals surface area contributed by atoms with Gasteiger partial charge in [-0.2, -0.15) is 4.31 Å². The van der Waals surface area contributed by atoms with Crippen LogP contribution in [-0.4, -0.2) is 48.7 Å². The molecule has 0 aliphatic carbocycles. The van der Waals surface area contributed by atoms with Gasteiger partial charge in [0.1, 0.15) is 0 Å². The van der Waals surface area contributed by atoms with Crippen LogP contribution < -0.4 is 5.32 Å². The van der Waals surface area contributed by atoms with Gasteiger partial charge < -0.3 is 5.11 Å². The first-order valence-corrected chi connectivity index (χ1v) is 7.81. The summed E-state index contributed by atoms with van der Waals surface area (Å²) in [6.07, 6.45) is 0. The van der Waals surface area contributed by atoms with Crippen LogP contribution in [-0.2, 0) is 19.6 Å². The summed E-state index contributed by atoms with van der Waals surface area (Å²) in [7, 11) is -4.09. The van der Waals surface area contributed by atoms with E-state index in [-0.39, 0.29) is 14.9 Å². The van der Waals surface area contributed by atoms with Gasteiger partial charge in [0.2, 0.25) is 21.8 Å². The van der Waals surface area contributed by atoms with E-state index in [0.717, 1.165) is 22.5 Å². The fraction of sp³-hybridized carbons (Fsp3) is 0.182. The summed E-state index contributed by atoms with van der Waals surface area (Å²) in [5.41, 5.74) is -0.0895. The Bertz CT molecular complexity index is 729. The maximum absolute atomic E-state index is 12.4. The van der Waals surface area contributed by atoms with E-state index in [1.165, 1.54) is 0 Å². The highest BCUT2D eigenvalue weighted by atomic mass is 79.9. The first-order valence-electron chi connectivity index (χ1n) is 5.57. The fourth-order valence-electron chi connectivity index (χ4n) is 1.76. The van der Waals surface area contributed by atoms with Gasteiger partial charge in [0.15, 0.2) is 0 Å². The van der Waals surface area contributed by atoms with Gasteiger partial charge in [-0.1, -0.05) is 0 Å². The second kappa shape index (κ2) is 5.54. The zero-order chi connectivity index (χ0) is 15.8. The second-order valence-electron chi connectivity index (χ2n) is 4.19. The Kier molecular flexibility index (Phi) is 4.12. The van der Waals surface area contributed by atoms with Crippen LogP contribution in [0.4, 0.5) is 0 Å². The van der Waals surface area contributed by atoms with Gasteiger partial charge >= 0.3 is 5.97 Å². The van der Waals surface area contributed by atoms with Crippen molar-refractivity contribution in [3.05, 3.63) is 28.2 Å². The molecule has 2 amide bonds. The molecule has 1 fully saturated rings. The molecular formula is C11H9BrN2O6S. The molecule has 0 atom stereocenters. The number of carboxylic acid groups (broad SMARTS) is 1. The monoisotopic (exact) mass is 376 g/mol. The van der Waals surface area contributed by atoms with E-state index < -0.39 is 40.9 Å². The molecule has 1 heterocycles. The molecule has 0 aromatic heterocycles. The van der Waals surface area contributed by atoms with Crippen LogP contribution in [0, 0.1) is 0 Å². The molecule has 10 heteroatoms. The number of carboxylic acids is 1. The number of sulfonamides is 1. The second-order valence-corrected chi connectivity index (χ2v) is 6.96. The third-order valence-electron chi connectivity index (χ3n) is 2.72. The van der Waals surface area contributed by atoms with Gasteiger partial charge in [-0.3, -0.25) is 14.9 Å². The van der Waals surface area contributed by atoms with Crippen molar-refractivity contribution >= 4 is 43.7 Å². The first kappa shape index (κ1) is 15.6. The van der Waals surface area contributed by atoms with Crippen molar-refractivity contribution in [3.8, 4) is 0 Å². The summed E-state index contributed by atoms with van der Waals surface area (Å²) in [5.74, 6) is -2.63. The molecule has 1 aromatic carbocycles. The molecule has 1 aliphatic rings. The minimum atomic E-state index is -4.09. The lowest BCUT2D eigenvalue weighted by molar-refractivity contribution is -0.134. The number of nitrogens with zero attached hydrogens (tertiary/aromatic N) is 1. The van der Waals surface area contributed by atoms with E-state index in [4.69, 9.17) is 5.11 Å². The smallest absolute Gasteiger partial charge is 0.335 e. The van der Waals surface area contributed by atoms with Crippen molar-refractivity contribution in [3.63, 3.8) is 0 Å². The quantitative estimate of drug-likeness (QED) is 0.704. The lowest BCUT2D eigenvalue weighted by atomic mass is 10.2. The third kappa shape index (κ3) is 3.12. The largest absolute Gasteiger partial charge is 0.478 e. The van der Waals surface area contributed by atoms with E-state index >= 15 is 0 Å². The zero-order valence-electron chi connectivity index (χ0n) is 10.4. The molecule has 2 rings (SSSR count). The Hall–Kier alpha value is -1.78. The third-order valence-corrected chi connectivity index (χ3v) is 5.48. The van der Waals surface area contributed by atoms with Crippen LogP contribution in [0.1, 0.15) is 10.4 Å². The lowest BCUT2D eigenvalue weighted by Crippen LogP contribution is -2.53. The molecule has 1 saturated heterocycles. The van der Waals surface area contributed by atoms with Gasteiger partial charge in [-0.15, -0.1) is 0 Å². The molecule has 112 valence electrons. The van der Waals surface area contributed by atoms with Gasteiger partial charge in [0, 0.05) is 4.47 Å². The van der Waals surface area contributed by atoms with Crippen molar-refractivity contribution < 1.29 is 27.9 Å². The van der Waals surface area contributed by atoms with Crippen LogP contribution in [0.3, 0.4) is 0 Å². The SMILES string of the molecule is O=C1CN(S(=O)(=O)c2ccc(C(=O)O)cc2Br)CC(=O)N1. The lowest BCUT2D eigenvalue weighted by Gasteiger charge is -2.25. The predicted octanol–water partition coefficient (Wildman–Crippen LogP) is -0.206. The molecule has 0 radical (unpaired) electrons. The molecule has 8 nitrogen and oxygen atoms in total. The maximum atomic E-state index is 12.4. The number of hydrogen-bond acceptors (Lipinski definition) is 5. The minimum Gasteiger partial charge on any atom is -0.478 e. The number of hydrogen-bond donors (Lipinski definition) is 2. The Labute approximate surface area is 127 Å². The number of nitrogens with one attached hydrogen (secondary N) is 1.